The van der Waals surface area contributed by atoms with Crippen LogP contribution in [0.15, 0.2) is 103 Å². The summed E-state index contributed by atoms with van der Waals surface area (Å²) in [6.07, 6.45) is 8.89. The van der Waals surface area contributed by atoms with Gasteiger partial charge in [0.2, 0.25) is 0 Å². The molecule has 1 saturated heterocycles. The minimum Gasteiger partial charge on any atom is -0.463 e. The van der Waals surface area contributed by atoms with Gasteiger partial charge in [-0.25, -0.2) is 0 Å². The van der Waals surface area contributed by atoms with E-state index in [2.05, 4.69) is 24.3 Å². The van der Waals surface area contributed by atoms with Crippen LogP contribution >= 0.6 is 7.37 Å². The fourth-order valence-corrected chi connectivity index (χ4v) is 9.31. The molecular formula is C43H58NO7P. The van der Waals surface area contributed by atoms with Crippen LogP contribution in [0.4, 0.5) is 0 Å². The Morgan fingerprint density at radius 1 is 0.885 bits per heavy atom. The SMILES string of the molecule is CCC(C)(CC(C/C=C/CCCC(=O)OC1CC(C)(C)N(O)C(C)(C)C1)c1ccccc1)C(=O)OCCOP(=O)(c1ccccc1)c1ccccc1. The number of carbonyl (C=O) groups is 2. The third kappa shape index (κ3) is 11.0. The molecule has 9 heteroatoms. The zero-order chi connectivity index (χ0) is 37.8. The van der Waals surface area contributed by atoms with Gasteiger partial charge < -0.3 is 19.2 Å². The Morgan fingerprint density at radius 2 is 1.42 bits per heavy atom. The van der Waals surface area contributed by atoms with Crippen LogP contribution in [-0.2, 0) is 28.2 Å². The normalized spacial score (nSPS) is 18.1. The summed E-state index contributed by atoms with van der Waals surface area (Å²) in [5, 5.41) is 13.1. The maximum atomic E-state index is 14.1. The lowest BCUT2D eigenvalue weighted by Gasteiger charge is -2.50. The van der Waals surface area contributed by atoms with Crippen molar-refractivity contribution in [1.82, 2.24) is 5.06 Å². The van der Waals surface area contributed by atoms with Crippen molar-refractivity contribution in [3.63, 3.8) is 0 Å². The van der Waals surface area contributed by atoms with Crippen molar-refractivity contribution in [3.05, 3.63) is 109 Å². The van der Waals surface area contributed by atoms with Gasteiger partial charge in [-0.2, -0.15) is 5.06 Å². The van der Waals surface area contributed by atoms with Gasteiger partial charge in [0.25, 0.3) is 7.37 Å². The molecule has 282 valence electrons. The molecule has 1 aliphatic heterocycles. The number of carbonyl (C=O) groups excluding carboxylic acids is 2. The van der Waals surface area contributed by atoms with Crippen molar-refractivity contribution in [2.24, 2.45) is 5.41 Å². The van der Waals surface area contributed by atoms with Gasteiger partial charge in [-0.3, -0.25) is 14.2 Å². The number of hydrogen-bond acceptors (Lipinski definition) is 8. The summed E-state index contributed by atoms with van der Waals surface area (Å²) in [7, 11) is -3.38. The van der Waals surface area contributed by atoms with Crippen LogP contribution in [0.3, 0.4) is 0 Å². The molecule has 3 aromatic rings. The zero-order valence-corrected chi connectivity index (χ0v) is 32.7. The molecule has 1 fully saturated rings. The van der Waals surface area contributed by atoms with Crippen molar-refractivity contribution in [2.45, 2.75) is 116 Å². The lowest BCUT2D eigenvalue weighted by molar-refractivity contribution is -0.259. The molecule has 1 N–H and O–H groups in total. The number of unbranched alkanes of at least 4 members (excludes halogenated alkanes) is 1. The number of ether oxygens (including phenoxy) is 2. The van der Waals surface area contributed by atoms with Crippen LogP contribution in [0, 0.1) is 5.41 Å². The minimum absolute atomic E-state index is 0.00286. The highest BCUT2D eigenvalue weighted by Crippen LogP contribution is 2.45. The summed E-state index contributed by atoms with van der Waals surface area (Å²) in [6, 6.07) is 28.5. The van der Waals surface area contributed by atoms with Crippen molar-refractivity contribution in [1.29, 1.82) is 0 Å². The predicted octanol–water partition coefficient (Wildman–Crippen LogP) is 9.14. The van der Waals surface area contributed by atoms with Crippen LogP contribution in [-0.4, -0.2) is 52.6 Å². The predicted molar refractivity (Wildman–Crippen MR) is 207 cm³/mol. The molecule has 0 saturated carbocycles. The van der Waals surface area contributed by atoms with Gasteiger partial charge in [-0.15, -0.1) is 0 Å². The van der Waals surface area contributed by atoms with E-state index in [0.29, 0.717) is 49.1 Å². The molecule has 0 radical (unpaired) electrons. The molecule has 0 bridgehead atoms. The summed E-state index contributed by atoms with van der Waals surface area (Å²) in [4.78, 5) is 26.3. The van der Waals surface area contributed by atoms with Crippen LogP contribution in [0.5, 0.6) is 0 Å². The van der Waals surface area contributed by atoms with Crippen molar-refractivity contribution in [2.75, 3.05) is 13.2 Å². The molecule has 0 spiro atoms. The number of hydroxylamine groups is 2. The van der Waals surface area contributed by atoms with Crippen LogP contribution in [0.1, 0.15) is 104 Å². The number of hydrogen-bond donors (Lipinski definition) is 1. The van der Waals surface area contributed by atoms with E-state index in [1.807, 2.05) is 96.1 Å². The van der Waals surface area contributed by atoms with E-state index < -0.39 is 23.9 Å². The Kier molecular flexibility index (Phi) is 14.6. The molecule has 0 aliphatic carbocycles. The molecule has 0 aromatic heterocycles. The number of benzene rings is 3. The quantitative estimate of drug-likeness (QED) is 0.0599. The van der Waals surface area contributed by atoms with Crippen molar-refractivity contribution < 1.29 is 33.4 Å². The van der Waals surface area contributed by atoms with Crippen LogP contribution in [0.25, 0.3) is 0 Å². The van der Waals surface area contributed by atoms with Crippen LogP contribution in [0.2, 0.25) is 0 Å². The second kappa shape index (κ2) is 18.5. The van der Waals surface area contributed by atoms with E-state index in [9.17, 15) is 19.4 Å². The summed E-state index contributed by atoms with van der Waals surface area (Å²) < 4.78 is 31.8. The summed E-state index contributed by atoms with van der Waals surface area (Å²) in [5.74, 6) is -0.423. The highest BCUT2D eigenvalue weighted by atomic mass is 31.2. The molecular weight excluding hydrogens is 673 g/mol. The Morgan fingerprint density at radius 3 is 1.96 bits per heavy atom. The fraction of sp³-hybridized carbons (Fsp3) is 0.488. The monoisotopic (exact) mass is 731 g/mol. The first kappa shape index (κ1) is 41.2. The molecule has 2 atom stereocenters. The van der Waals surface area contributed by atoms with E-state index in [4.69, 9.17) is 14.0 Å². The molecule has 8 nitrogen and oxygen atoms in total. The molecule has 2 unspecified atom stereocenters. The second-order valence-electron chi connectivity index (χ2n) is 15.5. The van der Waals surface area contributed by atoms with Crippen molar-refractivity contribution >= 4 is 29.9 Å². The van der Waals surface area contributed by atoms with Gasteiger partial charge in [-0.1, -0.05) is 85.8 Å². The van der Waals surface area contributed by atoms with Gasteiger partial charge >= 0.3 is 11.9 Å². The minimum atomic E-state index is -3.38. The topological polar surface area (TPSA) is 102 Å². The fourth-order valence-electron chi connectivity index (χ4n) is 7.25. The maximum absolute atomic E-state index is 14.1. The average Bonchev–Trinajstić information content (AvgIpc) is 3.13. The van der Waals surface area contributed by atoms with Gasteiger partial charge in [0.05, 0.1) is 12.0 Å². The van der Waals surface area contributed by atoms with Gasteiger partial charge in [-0.05, 0) is 102 Å². The molecule has 3 aromatic carbocycles. The van der Waals surface area contributed by atoms with Gasteiger partial charge in [0, 0.05) is 40.9 Å². The summed E-state index contributed by atoms with van der Waals surface area (Å²) in [6.45, 7) is 11.8. The molecule has 52 heavy (non-hydrogen) atoms. The van der Waals surface area contributed by atoms with E-state index in [1.165, 1.54) is 5.06 Å². The third-order valence-electron chi connectivity index (χ3n) is 10.3. The van der Waals surface area contributed by atoms with E-state index in [1.54, 1.807) is 24.3 Å². The first-order valence-corrected chi connectivity index (χ1v) is 20.2. The molecule has 1 aliphatic rings. The number of esters is 2. The van der Waals surface area contributed by atoms with E-state index in [0.717, 1.165) is 18.4 Å². The Bertz CT molecular complexity index is 1580. The molecule has 1 heterocycles. The van der Waals surface area contributed by atoms with E-state index in [-0.39, 0.29) is 37.2 Å². The highest BCUT2D eigenvalue weighted by Gasteiger charge is 2.46. The lowest BCUT2D eigenvalue weighted by atomic mass is 9.75. The highest BCUT2D eigenvalue weighted by molar-refractivity contribution is 7.74. The Hall–Kier alpha value is -3.55. The third-order valence-corrected chi connectivity index (χ3v) is 12.8. The first-order chi connectivity index (χ1) is 24.7. The smallest absolute Gasteiger partial charge is 0.311 e. The van der Waals surface area contributed by atoms with Crippen LogP contribution < -0.4 is 10.6 Å². The van der Waals surface area contributed by atoms with Gasteiger partial charge in [0.15, 0.2) is 0 Å². The number of rotatable bonds is 18. The number of allylic oxidation sites excluding steroid dienone is 2. The first-order valence-electron chi connectivity index (χ1n) is 18.6. The molecule has 0 amide bonds. The summed E-state index contributed by atoms with van der Waals surface area (Å²) in [5.41, 5.74) is -0.532. The lowest BCUT2D eigenvalue weighted by Crippen LogP contribution is -2.60. The number of piperidine rings is 1. The molecule has 4 rings (SSSR count). The van der Waals surface area contributed by atoms with Crippen molar-refractivity contribution in [3.8, 4) is 0 Å². The zero-order valence-electron chi connectivity index (χ0n) is 31.8. The second-order valence-corrected chi connectivity index (χ2v) is 17.9. The maximum Gasteiger partial charge on any atom is 0.311 e. The largest absolute Gasteiger partial charge is 0.463 e. The van der Waals surface area contributed by atoms with E-state index >= 15 is 0 Å². The standard InChI is InChI=1S/C43H58NO7P/c1-7-43(6,40(46)49-29-30-50-52(48,37-24-16-11-17-25-37)38-26-18-12-19-27-38)31-35(34-21-14-10-15-22-34)23-13-8-9-20-28-39(45)51-36-32-41(2,3)44(47)42(4,5)33-36/h8,10-19,21-22,24-27,35-36,47H,7,9,20,23,28-33H2,1-6H3/b13-8+. The van der Waals surface area contributed by atoms with Gasteiger partial charge in [0.1, 0.15) is 12.7 Å². The number of nitrogens with zero attached hydrogens (tertiary/aromatic N) is 1. The average molecular weight is 732 g/mol. The summed E-state index contributed by atoms with van der Waals surface area (Å²) >= 11 is 0. The Labute approximate surface area is 311 Å². The Balaban J connectivity index is 1.29.